The summed E-state index contributed by atoms with van der Waals surface area (Å²) in [5.74, 6) is 0.555. The minimum absolute atomic E-state index is 0.0868. The average molecular weight is 321 g/mol. The van der Waals surface area contributed by atoms with E-state index in [0.717, 1.165) is 0 Å². The second kappa shape index (κ2) is 7.06. The third-order valence-electron chi connectivity index (χ3n) is 2.55. The van der Waals surface area contributed by atoms with Crippen molar-refractivity contribution in [2.45, 2.75) is 0 Å². The number of para-hydroxylation sites is 1. The van der Waals surface area contributed by atoms with Gasteiger partial charge in [-0.25, -0.2) is 9.65 Å². The van der Waals surface area contributed by atoms with Crippen molar-refractivity contribution in [2.75, 3.05) is 6.54 Å². The molecular weight excluding hydrogens is 307 g/mol. The van der Waals surface area contributed by atoms with E-state index in [1.165, 1.54) is 24.3 Å². The van der Waals surface area contributed by atoms with Gasteiger partial charge in [0.05, 0.1) is 4.92 Å². The Balaban J connectivity index is 2.17. The highest BCUT2D eigenvalue weighted by Crippen LogP contribution is 2.44. The summed E-state index contributed by atoms with van der Waals surface area (Å²) in [6.07, 6.45) is 0. The molecule has 0 aliphatic heterocycles. The molecule has 0 saturated carbocycles. The van der Waals surface area contributed by atoms with Crippen LogP contribution in [0.15, 0.2) is 54.6 Å². The molecule has 7 nitrogen and oxygen atoms in total. The highest BCUT2D eigenvalue weighted by molar-refractivity contribution is 7.52. The first-order valence-electron chi connectivity index (χ1n) is 6.35. The van der Waals surface area contributed by atoms with E-state index < -0.39 is 12.7 Å². The molecule has 1 unspecified atom stereocenters. The predicted molar refractivity (Wildman–Crippen MR) is 81.8 cm³/mol. The van der Waals surface area contributed by atoms with Crippen LogP contribution in [-0.2, 0) is 4.57 Å². The zero-order valence-corrected chi connectivity index (χ0v) is 12.4. The zero-order chi connectivity index (χ0) is 16.0. The van der Waals surface area contributed by atoms with Gasteiger partial charge >= 0.3 is 7.75 Å². The van der Waals surface area contributed by atoms with E-state index in [1.54, 1.807) is 30.3 Å². The van der Waals surface area contributed by atoms with Gasteiger partial charge in [0.25, 0.3) is 5.69 Å². The molecular formula is C14H14N2O5P. The van der Waals surface area contributed by atoms with E-state index in [9.17, 15) is 14.7 Å². The molecule has 0 saturated heterocycles. The van der Waals surface area contributed by atoms with Gasteiger partial charge in [-0.05, 0) is 31.2 Å². The molecule has 0 fully saturated rings. The molecule has 0 bridgehead atoms. The first-order chi connectivity index (χ1) is 10.5. The van der Waals surface area contributed by atoms with Crippen LogP contribution in [0, 0.1) is 17.0 Å². The van der Waals surface area contributed by atoms with Gasteiger partial charge in [-0.2, -0.15) is 0 Å². The SMILES string of the molecule is [CH2]CNP(=O)(Oc1ccccc1)Oc1ccc([N+](=O)[O-])cc1. The smallest absolute Gasteiger partial charge is 0.405 e. The standard InChI is InChI=1S/C14H14N2O5P/c1-2-15-22(19,20-13-6-4-3-5-7-13)21-14-10-8-12(9-11-14)16(17)18/h3-11H,1-2H2,(H,15,19). The quantitative estimate of drug-likeness (QED) is 0.476. The first-order valence-corrected chi connectivity index (χ1v) is 7.90. The maximum Gasteiger partial charge on any atom is 0.512 e. The molecule has 1 N–H and O–H groups in total. The maximum absolute atomic E-state index is 12.6. The molecule has 1 radical (unpaired) electrons. The Morgan fingerprint density at radius 3 is 2.09 bits per heavy atom. The van der Waals surface area contributed by atoms with Gasteiger partial charge in [-0.15, -0.1) is 0 Å². The van der Waals surface area contributed by atoms with Gasteiger partial charge < -0.3 is 9.05 Å². The molecule has 115 valence electrons. The first kappa shape index (κ1) is 16.0. The summed E-state index contributed by atoms with van der Waals surface area (Å²) >= 11 is 0. The molecule has 2 rings (SSSR count). The summed E-state index contributed by atoms with van der Waals surface area (Å²) in [6.45, 7) is 3.68. The van der Waals surface area contributed by atoms with Crippen LogP contribution < -0.4 is 14.1 Å². The number of nitro groups is 1. The Hall–Kier alpha value is -2.37. The van der Waals surface area contributed by atoms with Crippen molar-refractivity contribution in [2.24, 2.45) is 0 Å². The van der Waals surface area contributed by atoms with Crippen LogP contribution in [-0.4, -0.2) is 11.5 Å². The fourth-order valence-electron chi connectivity index (χ4n) is 1.61. The van der Waals surface area contributed by atoms with Crippen molar-refractivity contribution in [3.05, 3.63) is 71.6 Å². The monoisotopic (exact) mass is 321 g/mol. The largest absolute Gasteiger partial charge is 0.512 e. The summed E-state index contributed by atoms with van der Waals surface area (Å²) in [4.78, 5) is 10.1. The predicted octanol–water partition coefficient (Wildman–Crippen LogP) is 3.58. The minimum atomic E-state index is -3.68. The molecule has 0 aliphatic carbocycles. The highest BCUT2D eigenvalue weighted by atomic mass is 31.2. The van der Waals surface area contributed by atoms with Crippen LogP contribution >= 0.6 is 7.75 Å². The number of hydrogen-bond donors (Lipinski definition) is 1. The number of nitrogens with one attached hydrogen (secondary N) is 1. The van der Waals surface area contributed by atoms with Crippen LogP contribution in [0.3, 0.4) is 0 Å². The Labute approximate surface area is 127 Å². The van der Waals surface area contributed by atoms with Crippen molar-refractivity contribution in [3.8, 4) is 11.5 Å². The zero-order valence-electron chi connectivity index (χ0n) is 11.5. The molecule has 0 heterocycles. The van der Waals surface area contributed by atoms with Gasteiger partial charge in [0, 0.05) is 18.7 Å². The second-order valence-electron chi connectivity index (χ2n) is 4.15. The van der Waals surface area contributed by atoms with Crippen molar-refractivity contribution >= 4 is 13.4 Å². The van der Waals surface area contributed by atoms with E-state index in [-0.39, 0.29) is 18.0 Å². The van der Waals surface area contributed by atoms with E-state index in [1.807, 2.05) is 0 Å². The van der Waals surface area contributed by atoms with Crippen molar-refractivity contribution in [1.29, 1.82) is 0 Å². The number of hydrogen-bond acceptors (Lipinski definition) is 5. The maximum atomic E-state index is 12.6. The third-order valence-corrected chi connectivity index (χ3v) is 4.06. The number of nitrogens with zero attached hydrogens (tertiary/aromatic N) is 1. The summed E-state index contributed by atoms with van der Waals surface area (Å²) in [7, 11) is -3.68. The van der Waals surface area contributed by atoms with Crippen molar-refractivity contribution in [3.63, 3.8) is 0 Å². The van der Waals surface area contributed by atoms with E-state index in [2.05, 4.69) is 12.0 Å². The Kier molecular flexibility index (Phi) is 5.14. The number of non-ortho nitro benzene ring substituents is 1. The Bertz CT molecular complexity index is 675. The van der Waals surface area contributed by atoms with Gasteiger partial charge in [-0.3, -0.25) is 10.1 Å². The van der Waals surface area contributed by atoms with E-state index in [0.29, 0.717) is 5.75 Å². The van der Waals surface area contributed by atoms with Crippen LogP contribution in [0.25, 0.3) is 0 Å². The molecule has 0 spiro atoms. The fourth-order valence-corrected chi connectivity index (χ4v) is 2.85. The van der Waals surface area contributed by atoms with Crippen LogP contribution in [0.5, 0.6) is 11.5 Å². The lowest BCUT2D eigenvalue weighted by Crippen LogP contribution is -2.18. The Morgan fingerprint density at radius 1 is 1.05 bits per heavy atom. The molecule has 8 heteroatoms. The summed E-state index contributed by atoms with van der Waals surface area (Å²) in [5, 5.41) is 13.2. The molecule has 0 aliphatic rings. The molecule has 2 aromatic rings. The second-order valence-corrected chi connectivity index (χ2v) is 5.83. The molecule has 1 atom stereocenters. The highest BCUT2D eigenvalue weighted by Gasteiger charge is 2.27. The molecule has 22 heavy (non-hydrogen) atoms. The van der Waals surface area contributed by atoms with Crippen molar-refractivity contribution in [1.82, 2.24) is 5.09 Å². The Morgan fingerprint density at radius 2 is 1.59 bits per heavy atom. The lowest BCUT2D eigenvalue weighted by atomic mass is 10.3. The summed E-state index contributed by atoms with van der Waals surface area (Å²) in [5.41, 5.74) is -0.0868. The number of nitro benzene ring substituents is 1. The molecule has 2 aromatic carbocycles. The summed E-state index contributed by atoms with van der Waals surface area (Å²) in [6, 6.07) is 13.7. The van der Waals surface area contributed by atoms with E-state index >= 15 is 0 Å². The van der Waals surface area contributed by atoms with E-state index in [4.69, 9.17) is 9.05 Å². The normalized spacial score (nSPS) is 13.1. The van der Waals surface area contributed by atoms with Crippen LogP contribution in [0.2, 0.25) is 0 Å². The van der Waals surface area contributed by atoms with Gasteiger partial charge in [0.2, 0.25) is 0 Å². The lowest BCUT2D eigenvalue weighted by molar-refractivity contribution is -0.384. The van der Waals surface area contributed by atoms with Gasteiger partial charge in [-0.1, -0.05) is 18.2 Å². The van der Waals surface area contributed by atoms with Gasteiger partial charge in [0.1, 0.15) is 11.5 Å². The fraction of sp³-hybridized carbons (Fsp3) is 0.0714. The third kappa shape index (κ3) is 4.31. The molecule has 0 aromatic heterocycles. The van der Waals surface area contributed by atoms with Crippen LogP contribution in [0.1, 0.15) is 0 Å². The number of benzene rings is 2. The topological polar surface area (TPSA) is 90.7 Å². The summed E-state index contributed by atoms with van der Waals surface area (Å²) < 4.78 is 23.4. The van der Waals surface area contributed by atoms with Gasteiger partial charge in [0.15, 0.2) is 0 Å². The average Bonchev–Trinajstić information content (AvgIpc) is 2.48. The minimum Gasteiger partial charge on any atom is -0.405 e. The molecule has 0 amide bonds. The lowest BCUT2D eigenvalue weighted by Gasteiger charge is -2.19. The van der Waals surface area contributed by atoms with Crippen LogP contribution in [0.4, 0.5) is 5.69 Å². The number of rotatable bonds is 7. The van der Waals surface area contributed by atoms with Crippen molar-refractivity contribution < 1.29 is 18.5 Å².